The molecule has 0 aromatic heterocycles. The normalized spacial score (nSPS) is 39.8. The summed E-state index contributed by atoms with van der Waals surface area (Å²) in [6.45, 7) is 2.08. The molecule has 130 valence electrons. The molecule has 23 heavy (non-hydrogen) atoms. The Hall–Kier alpha value is -0.850. The molecule has 1 aliphatic heterocycles. The molecule has 4 rings (SSSR count). The zero-order valence-electron chi connectivity index (χ0n) is 13.6. The molecule has 1 unspecified atom stereocenters. The lowest BCUT2D eigenvalue weighted by Crippen LogP contribution is -2.51. The van der Waals surface area contributed by atoms with Gasteiger partial charge < -0.3 is 25.2 Å². The SMILES string of the molecule is O=C(NCC1(OCCO)CCOCC1)NC1[C@@H]2[C@H]3CC[C@@H](C3)[C@H]12. The highest BCUT2D eigenvalue weighted by Gasteiger charge is 2.65. The van der Waals surface area contributed by atoms with Crippen LogP contribution in [0.3, 0.4) is 0 Å². The Labute approximate surface area is 137 Å². The van der Waals surface area contributed by atoms with Crippen LogP contribution in [-0.4, -0.2) is 55.8 Å². The van der Waals surface area contributed by atoms with Gasteiger partial charge in [-0.1, -0.05) is 0 Å². The average molecular weight is 324 g/mol. The molecule has 0 radical (unpaired) electrons. The van der Waals surface area contributed by atoms with Crippen LogP contribution in [0.2, 0.25) is 0 Å². The lowest BCUT2D eigenvalue weighted by molar-refractivity contribution is -0.114. The van der Waals surface area contributed by atoms with Gasteiger partial charge >= 0.3 is 6.03 Å². The number of rotatable bonds is 6. The molecule has 0 spiro atoms. The third-order valence-corrected chi connectivity index (χ3v) is 6.51. The van der Waals surface area contributed by atoms with Gasteiger partial charge in [-0.15, -0.1) is 0 Å². The Balaban J connectivity index is 1.25. The van der Waals surface area contributed by atoms with Gasteiger partial charge in [-0.3, -0.25) is 0 Å². The number of fused-ring (bicyclic) bond motifs is 5. The van der Waals surface area contributed by atoms with Gasteiger partial charge in [0.25, 0.3) is 0 Å². The highest BCUT2D eigenvalue weighted by atomic mass is 16.5. The first-order valence-corrected chi connectivity index (χ1v) is 9.09. The number of amides is 2. The largest absolute Gasteiger partial charge is 0.394 e. The topological polar surface area (TPSA) is 79.8 Å². The quantitative estimate of drug-likeness (QED) is 0.678. The molecule has 2 bridgehead atoms. The standard InChI is InChI=1S/C17H28N2O4/c20-5-8-23-17(3-6-22-7-4-17)10-18-16(21)19-15-13-11-1-2-12(9-11)14(13)15/h11-15,20H,1-10H2,(H2,18,19,21)/t11-,12-,13-,14+,15?/m0/s1. The Morgan fingerprint density at radius 2 is 1.91 bits per heavy atom. The van der Waals surface area contributed by atoms with Crippen molar-refractivity contribution in [3.8, 4) is 0 Å². The highest BCUT2D eigenvalue weighted by molar-refractivity contribution is 5.75. The van der Waals surface area contributed by atoms with Crippen LogP contribution in [0, 0.1) is 23.7 Å². The maximum absolute atomic E-state index is 12.3. The third-order valence-electron chi connectivity index (χ3n) is 6.51. The van der Waals surface area contributed by atoms with Gasteiger partial charge in [-0.25, -0.2) is 4.79 Å². The molecule has 4 aliphatic rings. The van der Waals surface area contributed by atoms with E-state index in [0.717, 1.165) is 36.5 Å². The van der Waals surface area contributed by atoms with Crippen LogP contribution < -0.4 is 10.6 Å². The molecule has 1 heterocycles. The lowest BCUT2D eigenvalue weighted by atomic mass is 9.94. The minimum Gasteiger partial charge on any atom is -0.394 e. The van der Waals surface area contributed by atoms with Crippen molar-refractivity contribution in [2.75, 3.05) is 33.0 Å². The summed E-state index contributed by atoms with van der Waals surface area (Å²) in [5.41, 5.74) is -0.392. The van der Waals surface area contributed by atoms with Crippen molar-refractivity contribution in [1.82, 2.24) is 10.6 Å². The fraction of sp³-hybridized carbons (Fsp3) is 0.941. The van der Waals surface area contributed by atoms with Crippen LogP contribution in [0.15, 0.2) is 0 Å². The number of carbonyl (C=O) groups excluding carboxylic acids is 1. The zero-order chi connectivity index (χ0) is 15.9. The smallest absolute Gasteiger partial charge is 0.315 e. The molecule has 6 nitrogen and oxygen atoms in total. The fourth-order valence-corrected chi connectivity index (χ4v) is 5.34. The summed E-state index contributed by atoms with van der Waals surface area (Å²) in [4.78, 5) is 12.3. The van der Waals surface area contributed by atoms with Crippen LogP contribution in [0.1, 0.15) is 32.1 Å². The van der Waals surface area contributed by atoms with E-state index < -0.39 is 5.60 Å². The summed E-state index contributed by atoms with van der Waals surface area (Å²) >= 11 is 0. The van der Waals surface area contributed by atoms with Crippen molar-refractivity contribution in [3.05, 3.63) is 0 Å². The lowest BCUT2D eigenvalue weighted by Gasteiger charge is -2.37. The Morgan fingerprint density at radius 3 is 2.57 bits per heavy atom. The Morgan fingerprint density at radius 1 is 1.22 bits per heavy atom. The molecule has 0 aromatic rings. The van der Waals surface area contributed by atoms with Crippen molar-refractivity contribution in [3.63, 3.8) is 0 Å². The van der Waals surface area contributed by atoms with Crippen molar-refractivity contribution in [2.45, 2.75) is 43.7 Å². The molecular weight excluding hydrogens is 296 g/mol. The molecule has 3 aliphatic carbocycles. The monoisotopic (exact) mass is 324 g/mol. The van der Waals surface area contributed by atoms with E-state index >= 15 is 0 Å². The van der Waals surface area contributed by atoms with Gasteiger partial charge in [0.1, 0.15) is 0 Å². The summed E-state index contributed by atoms with van der Waals surface area (Å²) in [5.74, 6) is 3.24. The van der Waals surface area contributed by atoms with Crippen LogP contribution in [0.4, 0.5) is 4.79 Å². The molecule has 1 saturated heterocycles. The van der Waals surface area contributed by atoms with Gasteiger partial charge in [0.05, 0.1) is 18.8 Å². The van der Waals surface area contributed by atoms with E-state index in [1.807, 2.05) is 0 Å². The van der Waals surface area contributed by atoms with Crippen molar-refractivity contribution < 1.29 is 19.4 Å². The number of aliphatic hydroxyl groups excluding tert-OH is 1. The first kappa shape index (κ1) is 15.7. The predicted octanol–water partition coefficient (Wildman–Crippen LogP) is 0.888. The molecule has 2 amide bonds. The molecule has 6 heteroatoms. The van der Waals surface area contributed by atoms with E-state index in [1.165, 1.54) is 19.3 Å². The highest BCUT2D eigenvalue weighted by Crippen LogP contribution is 2.65. The van der Waals surface area contributed by atoms with Crippen molar-refractivity contribution >= 4 is 6.03 Å². The van der Waals surface area contributed by atoms with Crippen molar-refractivity contribution in [2.24, 2.45) is 23.7 Å². The predicted molar refractivity (Wildman–Crippen MR) is 84.0 cm³/mol. The third kappa shape index (κ3) is 2.96. The van der Waals surface area contributed by atoms with E-state index in [2.05, 4.69) is 10.6 Å². The van der Waals surface area contributed by atoms with Crippen LogP contribution >= 0.6 is 0 Å². The number of urea groups is 1. The molecule has 3 saturated carbocycles. The Bertz CT molecular complexity index is 436. The van der Waals surface area contributed by atoms with Gasteiger partial charge in [-0.05, 0) is 42.9 Å². The summed E-state index contributed by atoms with van der Waals surface area (Å²) < 4.78 is 11.2. The summed E-state index contributed by atoms with van der Waals surface area (Å²) in [7, 11) is 0. The van der Waals surface area contributed by atoms with Gasteiger partial charge in [0.15, 0.2) is 0 Å². The average Bonchev–Trinajstić information content (AvgIpc) is 2.95. The first-order valence-electron chi connectivity index (χ1n) is 9.09. The van der Waals surface area contributed by atoms with Gasteiger partial charge in [0, 0.05) is 38.6 Å². The van der Waals surface area contributed by atoms with Crippen LogP contribution in [0.25, 0.3) is 0 Å². The van der Waals surface area contributed by atoms with Gasteiger partial charge in [-0.2, -0.15) is 0 Å². The van der Waals surface area contributed by atoms with E-state index in [-0.39, 0.29) is 12.6 Å². The minimum absolute atomic E-state index is 0.00299. The Kier molecular flexibility index (Phi) is 4.24. The summed E-state index contributed by atoms with van der Waals surface area (Å²) in [6.07, 6.45) is 5.64. The molecule has 5 atom stereocenters. The number of carbonyl (C=O) groups is 1. The summed E-state index contributed by atoms with van der Waals surface area (Å²) in [5, 5.41) is 15.2. The maximum atomic E-state index is 12.3. The van der Waals surface area contributed by atoms with E-state index in [0.29, 0.717) is 32.4 Å². The maximum Gasteiger partial charge on any atom is 0.315 e. The molecule has 0 aromatic carbocycles. The number of ether oxygens (including phenoxy) is 2. The number of hydrogen-bond donors (Lipinski definition) is 3. The second-order valence-corrected chi connectivity index (χ2v) is 7.71. The molecular formula is C17H28N2O4. The van der Waals surface area contributed by atoms with E-state index in [9.17, 15) is 4.79 Å². The summed E-state index contributed by atoms with van der Waals surface area (Å²) in [6, 6.07) is 0.340. The van der Waals surface area contributed by atoms with Gasteiger partial charge in [0.2, 0.25) is 0 Å². The minimum atomic E-state index is -0.392. The van der Waals surface area contributed by atoms with Crippen LogP contribution in [-0.2, 0) is 9.47 Å². The zero-order valence-corrected chi connectivity index (χ0v) is 13.6. The van der Waals surface area contributed by atoms with Crippen molar-refractivity contribution in [1.29, 1.82) is 0 Å². The molecule has 4 fully saturated rings. The fourth-order valence-electron chi connectivity index (χ4n) is 5.34. The second kappa shape index (κ2) is 6.22. The number of hydrogen-bond acceptors (Lipinski definition) is 4. The van der Waals surface area contributed by atoms with E-state index in [1.54, 1.807) is 0 Å². The van der Waals surface area contributed by atoms with Crippen LogP contribution in [0.5, 0.6) is 0 Å². The first-order chi connectivity index (χ1) is 11.2. The second-order valence-electron chi connectivity index (χ2n) is 7.71. The molecule has 3 N–H and O–H groups in total. The number of aliphatic hydroxyl groups is 1. The van der Waals surface area contributed by atoms with E-state index in [4.69, 9.17) is 14.6 Å². The number of nitrogens with one attached hydrogen (secondary N) is 2.